The summed E-state index contributed by atoms with van der Waals surface area (Å²) in [6, 6.07) is 21.7. The Morgan fingerprint density at radius 2 is 1.67 bits per heavy atom. The number of amides is 3. The second-order valence-corrected chi connectivity index (χ2v) is 11.7. The molecule has 1 saturated heterocycles. The first-order valence-electron chi connectivity index (χ1n) is 15.1. The van der Waals surface area contributed by atoms with Crippen molar-refractivity contribution in [1.82, 2.24) is 20.9 Å². The van der Waals surface area contributed by atoms with Crippen LogP contribution in [0, 0.1) is 11.8 Å². The quantitative estimate of drug-likeness (QED) is 0.352. The Labute approximate surface area is 248 Å². The first-order valence-corrected chi connectivity index (χ1v) is 15.1. The standard InChI is InChI=1S/C35H42N4O3/c1-24(40)37-23-32(21-25-11-13-27-7-3-5-9-30(27)19-25)39(2)35(42)33(38-34(41)29-15-17-36-18-16-29)22-26-12-14-28-8-4-6-10-31(28)20-26/h3-10,12-14,19-20,25,29,32-33,36H,11,15-18,21-23H2,1-2H3,(H,37,40)(H,38,41)/t25?,32?,33-/m1/s1. The molecule has 3 amide bonds. The summed E-state index contributed by atoms with van der Waals surface area (Å²) in [5.41, 5.74) is 0.997. The van der Waals surface area contributed by atoms with Crippen LogP contribution in [-0.2, 0) is 20.8 Å². The smallest absolute Gasteiger partial charge is 0.245 e. The number of hydrogen-bond acceptors (Lipinski definition) is 4. The minimum atomic E-state index is -0.707. The minimum Gasteiger partial charge on any atom is -0.354 e. The van der Waals surface area contributed by atoms with E-state index in [2.05, 4.69) is 64.5 Å². The highest BCUT2D eigenvalue weighted by molar-refractivity contribution is 5.89. The van der Waals surface area contributed by atoms with Gasteiger partial charge in [-0.15, -0.1) is 0 Å². The van der Waals surface area contributed by atoms with Gasteiger partial charge < -0.3 is 20.9 Å². The van der Waals surface area contributed by atoms with Crippen LogP contribution in [0.1, 0.15) is 38.2 Å². The molecular formula is C35H42N4O3. The van der Waals surface area contributed by atoms with Crippen molar-refractivity contribution in [3.8, 4) is 0 Å². The van der Waals surface area contributed by atoms with E-state index in [0.717, 1.165) is 48.7 Å². The molecule has 5 rings (SSSR count). The molecule has 0 aromatic heterocycles. The first kappa shape index (κ1) is 29.5. The maximum Gasteiger partial charge on any atom is 0.245 e. The van der Waals surface area contributed by atoms with E-state index < -0.39 is 6.04 Å². The summed E-state index contributed by atoms with van der Waals surface area (Å²) in [7, 11) is 1.80. The molecule has 2 unspecified atom stereocenters. The zero-order chi connectivity index (χ0) is 29.5. The van der Waals surface area contributed by atoms with Crippen LogP contribution in [0.25, 0.3) is 22.9 Å². The van der Waals surface area contributed by atoms with Gasteiger partial charge in [0.2, 0.25) is 17.7 Å². The van der Waals surface area contributed by atoms with Gasteiger partial charge in [-0.05, 0) is 71.5 Å². The van der Waals surface area contributed by atoms with Crippen LogP contribution in [-0.4, -0.2) is 61.4 Å². The van der Waals surface area contributed by atoms with Crippen LogP contribution >= 0.6 is 0 Å². The van der Waals surface area contributed by atoms with Gasteiger partial charge in [0.25, 0.3) is 0 Å². The predicted molar refractivity (Wildman–Crippen MR) is 168 cm³/mol. The lowest BCUT2D eigenvalue weighted by atomic mass is 9.90. The molecule has 3 atom stereocenters. The van der Waals surface area contributed by atoms with Crippen LogP contribution in [0.4, 0.5) is 0 Å². The molecule has 7 heteroatoms. The predicted octanol–water partition coefficient (Wildman–Crippen LogP) is 2.50. The van der Waals surface area contributed by atoms with Gasteiger partial charge >= 0.3 is 0 Å². The number of likely N-dealkylation sites (N-methyl/N-ethyl adjacent to an activating group) is 1. The van der Waals surface area contributed by atoms with Crippen molar-refractivity contribution in [2.45, 2.75) is 51.1 Å². The summed E-state index contributed by atoms with van der Waals surface area (Å²) >= 11 is 0. The molecule has 7 nitrogen and oxygen atoms in total. The highest BCUT2D eigenvalue weighted by Crippen LogP contribution is 2.21. The lowest BCUT2D eigenvalue weighted by molar-refractivity contribution is -0.138. The van der Waals surface area contributed by atoms with E-state index in [0.29, 0.717) is 19.4 Å². The van der Waals surface area contributed by atoms with E-state index in [1.54, 1.807) is 11.9 Å². The molecule has 3 N–H and O–H groups in total. The number of hydrogen-bond donors (Lipinski definition) is 3. The van der Waals surface area contributed by atoms with Crippen LogP contribution in [0.3, 0.4) is 0 Å². The summed E-state index contributed by atoms with van der Waals surface area (Å²) in [5, 5.41) is 14.1. The first-order chi connectivity index (χ1) is 20.4. The highest BCUT2D eigenvalue weighted by atomic mass is 16.2. The molecule has 1 aliphatic carbocycles. The molecule has 2 aliphatic rings. The van der Waals surface area contributed by atoms with Gasteiger partial charge in [-0.1, -0.05) is 78.9 Å². The molecular weight excluding hydrogens is 524 g/mol. The molecule has 3 aromatic rings. The monoisotopic (exact) mass is 566 g/mol. The Bertz CT molecular complexity index is 1550. The Morgan fingerprint density at radius 1 is 0.952 bits per heavy atom. The average Bonchev–Trinajstić information content (AvgIpc) is 3.02. The van der Waals surface area contributed by atoms with E-state index >= 15 is 0 Å². The van der Waals surface area contributed by atoms with Crippen molar-refractivity contribution < 1.29 is 14.4 Å². The maximum absolute atomic E-state index is 14.2. The fourth-order valence-electron chi connectivity index (χ4n) is 6.20. The lowest BCUT2D eigenvalue weighted by Gasteiger charge is -2.34. The van der Waals surface area contributed by atoms with E-state index in [1.165, 1.54) is 17.4 Å². The molecule has 42 heavy (non-hydrogen) atoms. The number of fused-ring (bicyclic) bond motifs is 2. The topological polar surface area (TPSA) is 90.5 Å². The Morgan fingerprint density at radius 3 is 2.43 bits per heavy atom. The molecule has 3 aromatic carbocycles. The summed E-state index contributed by atoms with van der Waals surface area (Å²) in [6.45, 7) is 3.46. The maximum atomic E-state index is 14.2. The Hall–Kier alpha value is -3.97. The molecule has 0 bridgehead atoms. The molecule has 1 fully saturated rings. The van der Waals surface area contributed by atoms with Crippen LogP contribution < -0.4 is 26.4 Å². The average molecular weight is 567 g/mol. The summed E-state index contributed by atoms with van der Waals surface area (Å²) in [5.74, 6) is -0.198. The summed E-state index contributed by atoms with van der Waals surface area (Å²) in [4.78, 5) is 41.3. The largest absolute Gasteiger partial charge is 0.354 e. The van der Waals surface area contributed by atoms with Crippen LogP contribution in [0.15, 0.2) is 66.7 Å². The molecule has 1 heterocycles. The van der Waals surface area contributed by atoms with Crippen molar-refractivity contribution in [2.24, 2.45) is 11.8 Å². The second kappa shape index (κ2) is 13.8. The number of nitrogens with one attached hydrogen (secondary N) is 3. The SMILES string of the molecule is CC(=O)NCC(CC1C=c2ccccc2=CC1)N(C)C(=O)[C@@H](Cc1ccc2ccccc2c1)NC(=O)C1CCNCC1. The van der Waals surface area contributed by atoms with Crippen LogP contribution in [0.5, 0.6) is 0 Å². The second-order valence-electron chi connectivity index (χ2n) is 11.7. The fourth-order valence-corrected chi connectivity index (χ4v) is 6.20. The summed E-state index contributed by atoms with van der Waals surface area (Å²) in [6.07, 6.45) is 8.03. The number of carbonyl (C=O) groups excluding carboxylic acids is 3. The third-order valence-corrected chi connectivity index (χ3v) is 8.69. The van der Waals surface area contributed by atoms with E-state index in [9.17, 15) is 14.4 Å². The van der Waals surface area contributed by atoms with Gasteiger partial charge in [-0.2, -0.15) is 0 Å². The molecule has 0 saturated carbocycles. The number of benzene rings is 3. The van der Waals surface area contributed by atoms with Gasteiger partial charge in [-0.25, -0.2) is 0 Å². The molecule has 220 valence electrons. The van der Waals surface area contributed by atoms with E-state index in [4.69, 9.17) is 0 Å². The van der Waals surface area contributed by atoms with Gasteiger partial charge in [0.1, 0.15) is 6.04 Å². The van der Waals surface area contributed by atoms with Gasteiger partial charge in [0, 0.05) is 38.9 Å². The zero-order valence-electron chi connectivity index (χ0n) is 24.6. The van der Waals surface area contributed by atoms with Crippen molar-refractivity contribution in [1.29, 1.82) is 0 Å². The van der Waals surface area contributed by atoms with E-state index in [-0.39, 0.29) is 35.6 Å². The normalized spacial score (nSPS) is 18.1. The zero-order valence-corrected chi connectivity index (χ0v) is 24.6. The number of nitrogens with zero attached hydrogens (tertiary/aromatic N) is 1. The Kier molecular flexibility index (Phi) is 9.70. The minimum absolute atomic E-state index is 0.0609. The third kappa shape index (κ3) is 7.45. The van der Waals surface area contributed by atoms with E-state index in [1.807, 2.05) is 30.3 Å². The van der Waals surface area contributed by atoms with Gasteiger partial charge in [0.05, 0.1) is 0 Å². The number of piperidine rings is 1. The summed E-state index contributed by atoms with van der Waals surface area (Å²) < 4.78 is 0. The van der Waals surface area contributed by atoms with Crippen molar-refractivity contribution in [3.05, 3.63) is 82.7 Å². The number of carbonyl (C=O) groups is 3. The van der Waals surface area contributed by atoms with Gasteiger partial charge in [-0.3, -0.25) is 14.4 Å². The lowest BCUT2D eigenvalue weighted by Crippen LogP contribution is -2.55. The van der Waals surface area contributed by atoms with Crippen LogP contribution in [0.2, 0.25) is 0 Å². The number of rotatable bonds is 10. The molecule has 0 radical (unpaired) electrons. The van der Waals surface area contributed by atoms with Crippen molar-refractivity contribution in [2.75, 3.05) is 26.7 Å². The van der Waals surface area contributed by atoms with Crippen molar-refractivity contribution >= 4 is 40.6 Å². The molecule has 1 aliphatic heterocycles. The Balaban J connectivity index is 1.38. The highest BCUT2D eigenvalue weighted by Gasteiger charge is 2.32. The molecule has 0 spiro atoms. The van der Waals surface area contributed by atoms with Gasteiger partial charge in [0.15, 0.2) is 0 Å². The van der Waals surface area contributed by atoms with Crippen molar-refractivity contribution in [3.63, 3.8) is 0 Å². The fraction of sp³-hybridized carbons (Fsp3) is 0.400. The third-order valence-electron chi connectivity index (χ3n) is 8.69.